The van der Waals surface area contributed by atoms with Gasteiger partial charge in [-0.25, -0.2) is 0 Å². The number of aromatic nitrogens is 1. The molecule has 0 fully saturated rings. The number of rotatable bonds is 0. The highest BCUT2D eigenvalue weighted by atomic mass is 16.1. The summed E-state index contributed by atoms with van der Waals surface area (Å²) in [6.07, 6.45) is 2.80. The van der Waals surface area contributed by atoms with Crippen molar-refractivity contribution in [2.24, 2.45) is 0 Å². The van der Waals surface area contributed by atoms with E-state index in [9.17, 15) is 4.79 Å². The zero-order valence-corrected chi connectivity index (χ0v) is 5.48. The summed E-state index contributed by atoms with van der Waals surface area (Å²) < 4.78 is 0. The summed E-state index contributed by atoms with van der Waals surface area (Å²) in [6.45, 7) is 0.951. The molecule has 0 spiro atoms. The minimum absolute atomic E-state index is 0.0341. The Bertz CT molecular complexity index is 303. The van der Waals surface area contributed by atoms with Crippen LogP contribution >= 0.6 is 0 Å². The third-order valence-corrected chi connectivity index (χ3v) is 1.72. The molecule has 0 unspecified atom stereocenters. The molecule has 0 amide bonds. The molecule has 2 rings (SSSR count). The summed E-state index contributed by atoms with van der Waals surface area (Å²) in [6, 6.07) is 1.60. The molecular formula is C7H8N2O. The van der Waals surface area contributed by atoms with Gasteiger partial charge in [0.15, 0.2) is 0 Å². The predicted molar refractivity (Wildman–Crippen MR) is 39.3 cm³/mol. The van der Waals surface area contributed by atoms with Gasteiger partial charge in [0.25, 0.3) is 0 Å². The topological polar surface area (TPSA) is 44.9 Å². The minimum atomic E-state index is -0.0341. The Balaban J connectivity index is 2.63. The summed E-state index contributed by atoms with van der Waals surface area (Å²) in [7, 11) is 0. The van der Waals surface area contributed by atoms with Gasteiger partial charge in [0.1, 0.15) is 0 Å². The molecule has 0 aromatic carbocycles. The van der Waals surface area contributed by atoms with Crippen LogP contribution in [0.5, 0.6) is 0 Å². The van der Waals surface area contributed by atoms with Crippen molar-refractivity contribution in [1.82, 2.24) is 4.98 Å². The fourth-order valence-corrected chi connectivity index (χ4v) is 1.20. The van der Waals surface area contributed by atoms with E-state index in [4.69, 9.17) is 0 Å². The number of hydrogen-bond donors (Lipinski definition) is 2. The van der Waals surface area contributed by atoms with Crippen LogP contribution in [-0.2, 0) is 6.42 Å². The highest BCUT2D eigenvalue weighted by Crippen LogP contribution is 2.17. The highest BCUT2D eigenvalue weighted by Gasteiger charge is 2.08. The van der Waals surface area contributed by atoms with E-state index in [-0.39, 0.29) is 5.56 Å². The van der Waals surface area contributed by atoms with E-state index >= 15 is 0 Å². The normalized spacial score (nSPS) is 14.4. The Morgan fingerprint density at radius 1 is 1.50 bits per heavy atom. The molecule has 0 saturated carbocycles. The molecule has 1 aliphatic heterocycles. The van der Waals surface area contributed by atoms with Crippen LogP contribution in [0.1, 0.15) is 5.56 Å². The molecule has 2 heterocycles. The van der Waals surface area contributed by atoms with E-state index in [1.165, 1.54) is 5.56 Å². The van der Waals surface area contributed by atoms with Gasteiger partial charge in [-0.3, -0.25) is 4.79 Å². The summed E-state index contributed by atoms with van der Waals surface area (Å²) in [5, 5.41) is 3.12. The molecule has 1 aromatic rings. The summed E-state index contributed by atoms with van der Waals surface area (Å²) in [5.41, 5.74) is 2.16. The quantitative estimate of drug-likeness (QED) is 0.540. The lowest BCUT2D eigenvalue weighted by Gasteiger charge is -1.94. The predicted octanol–water partition coefficient (Wildman–Crippen LogP) is 0.343. The first kappa shape index (κ1) is 5.53. The molecule has 0 atom stereocenters. The number of anilines is 1. The molecule has 1 aliphatic rings. The zero-order valence-electron chi connectivity index (χ0n) is 5.48. The van der Waals surface area contributed by atoms with E-state index in [1.807, 2.05) is 0 Å². The number of aromatic amines is 1. The molecule has 3 heteroatoms. The molecule has 2 N–H and O–H groups in total. The lowest BCUT2D eigenvalue weighted by atomic mass is 10.2. The maximum absolute atomic E-state index is 10.7. The van der Waals surface area contributed by atoms with Crippen LogP contribution in [0, 0.1) is 0 Å². The fraction of sp³-hybridized carbons (Fsp3) is 0.286. The second kappa shape index (κ2) is 1.87. The third-order valence-electron chi connectivity index (χ3n) is 1.72. The summed E-state index contributed by atoms with van der Waals surface area (Å²) in [5.74, 6) is 0. The molecular weight excluding hydrogens is 128 g/mol. The van der Waals surface area contributed by atoms with Crippen molar-refractivity contribution in [1.29, 1.82) is 0 Å². The van der Waals surface area contributed by atoms with Crippen LogP contribution in [-0.4, -0.2) is 11.5 Å². The second-order valence-corrected chi connectivity index (χ2v) is 2.41. The van der Waals surface area contributed by atoms with Gasteiger partial charge < -0.3 is 10.3 Å². The smallest absolute Gasteiger partial charge is 0.249 e. The number of hydrogen-bond acceptors (Lipinski definition) is 2. The average molecular weight is 136 g/mol. The lowest BCUT2D eigenvalue weighted by Crippen LogP contribution is -2.03. The number of fused-ring (bicyclic) bond motifs is 1. The zero-order chi connectivity index (χ0) is 6.97. The van der Waals surface area contributed by atoms with E-state index < -0.39 is 0 Å². The molecule has 0 bridgehead atoms. The lowest BCUT2D eigenvalue weighted by molar-refractivity contribution is 1.09. The number of nitrogens with one attached hydrogen (secondary N) is 2. The van der Waals surface area contributed by atoms with Gasteiger partial charge in [-0.05, 0) is 12.0 Å². The average Bonchev–Trinajstić information content (AvgIpc) is 2.33. The van der Waals surface area contributed by atoms with Crippen LogP contribution < -0.4 is 10.9 Å². The van der Waals surface area contributed by atoms with Gasteiger partial charge in [0.2, 0.25) is 5.56 Å². The largest absolute Gasteiger partial charge is 0.384 e. The van der Waals surface area contributed by atoms with E-state index in [0.717, 1.165) is 18.7 Å². The number of H-pyrrole nitrogens is 1. The molecule has 1 aromatic heterocycles. The van der Waals surface area contributed by atoms with Crippen LogP contribution in [0.15, 0.2) is 17.1 Å². The van der Waals surface area contributed by atoms with Crippen LogP contribution in [0.3, 0.4) is 0 Å². The first-order valence-corrected chi connectivity index (χ1v) is 3.32. The number of pyridine rings is 1. The minimum Gasteiger partial charge on any atom is -0.384 e. The first-order valence-electron chi connectivity index (χ1n) is 3.32. The van der Waals surface area contributed by atoms with Crippen LogP contribution in [0.4, 0.5) is 5.69 Å². The Kier molecular flexibility index (Phi) is 1.03. The van der Waals surface area contributed by atoms with Crippen molar-refractivity contribution in [2.75, 3.05) is 11.9 Å². The molecule has 0 saturated heterocycles. The summed E-state index contributed by atoms with van der Waals surface area (Å²) >= 11 is 0. The Labute approximate surface area is 58.1 Å². The maximum Gasteiger partial charge on any atom is 0.249 e. The van der Waals surface area contributed by atoms with Gasteiger partial charge >= 0.3 is 0 Å². The summed E-state index contributed by atoms with van der Waals surface area (Å²) in [4.78, 5) is 13.4. The van der Waals surface area contributed by atoms with Crippen molar-refractivity contribution in [2.45, 2.75) is 6.42 Å². The molecule has 0 radical (unpaired) electrons. The molecule has 10 heavy (non-hydrogen) atoms. The molecule has 3 nitrogen and oxygen atoms in total. The molecule has 52 valence electrons. The van der Waals surface area contributed by atoms with Gasteiger partial charge in [0, 0.05) is 24.5 Å². The third kappa shape index (κ3) is 0.708. The van der Waals surface area contributed by atoms with E-state index in [1.54, 1.807) is 12.3 Å². The second-order valence-electron chi connectivity index (χ2n) is 2.41. The van der Waals surface area contributed by atoms with Crippen molar-refractivity contribution in [3.8, 4) is 0 Å². The maximum atomic E-state index is 10.7. The monoisotopic (exact) mass is 136 g/mol. The standard InChI is InChI=1S/C7H8N2O/c10-7-3-6-5(4-9-7)1-2-8-6/h3-4,8H,1-2H2,(H,9,10). The van der Waals surface area contributed by atoms with Crippen LogP contribution in [0.25, 0.3) is 0 Å². The molecule has 0 aliphatic carbocycles. The van der Waals surface area contributed by atoms with Crippen molar-refractivity contribution in [3.63, 3.8) is 0 Å². The van der Waals surface area contributed by atoms with Crippen LogP contribution in [0.2, 0.25) is 0 Å². The van der Waals surface area contributed by atoms with E-state index in [2.05, 4.69) is 10.3 Å². The van der Waals surface area contributed by atoms with Crippen molar-refractivity contribution >= 4 is 5.69 Å². The SMILES string of the molecule is O=c1cc2c(c[nH]1)CCN2. The Hall–Kier alpha value is -1.25. The fourth-order valence-electron chi connectivity index (χ4n) is 1.20. The highest BCUT2D eigenvalue weighted by molar-refractivity contribution is 5.53. The van der Waals surface area contributed by atoms with Gasteiger partial charge in [0.05, 0.1) is 0 Å². The van der Waals surface area contributed by atoms with Gasteiger partial charge in [-0.2, -0.15) is 0 Å². The first-order chi connectivity index (χ1) is 4.86. The Morgan fingerprint density at radius 3 is 3.30 bits per heavy atom. The van der Waals surface area contributed by atoms with Gasteiger partial charge in [-0.15, -0.1) is 0 Å². The van der Waals surface area contributed by atoms with Crippen molar-refractivity contribution < 1.29 is 0 Å². The Morgan fingerprint density at radius 2 is 2.40 bits per heavy atom. The van der Waals surface area contributed by atoms with Crippen molar-refractivity contribution in [3.05, 3.63) is 28.2 Å². The van der Waals surface area contributed by atoms with E-state index in [0.29, 0.717) is 0 Å². The van der Waals surface area contributed by atoms with Gasteiger partial charge in [-0.1, -0.05) is 0 Å².